The van der Waals surface area contributed by atoms with Crippen molar-refractivity contribution < 1.29 is 27.9 Å². The van der Waals surface area contributed by atoms with Crippen LogP contribution in [-0.4, -0.2) is 42.5 Å². The number of halogens is 3. The molecular formula is C23H22ClF2N3O4. The number of carbonyl (C=O) groups excluding carboxylic acids is 3. The number of likely N-dealkylation sites (tertiary alicyclic amines) is 1. The number of fused-ring (bicyclic) bond motifs is 1. The third-order valence-corrected chi connectivity index (χ3v) is 6.38. The predicted octanol–water partition coefficient (Wildman–Crippen LogP) is 4.20. The lowest BCUT2D eigenvalue weighted by atomic mass is 10.0. The molecule has 0 radical (unpaired) electrons. The van der Waals surface area contributed by atoms with Crippen LogP contribution in [0.25, 0.3) is 0 Å². The summed E-state index contributed by atoms with van der Waals surface area (Å²) in [5, 5.41) is 5.16. The lowest BCUT2D eigenvalue weighted by Gasteiger charge is -2.21. The van der Waals surface area contributed by atoms with Gasteiger partial charge < -0.3 is 20.3 Å². The zero-order chi connectivity index (χ0) is 23.7. The quantitative estimate of drug-likeness (QED) is 0.675. The number of rotatable bonds is 5. The van der Waals surface area contributed by atoms with E-state index >= 15 is 0 Å². The molecule has 1 aliphatic carbocycles. The molecule has 0 bridgehead atoms. The average molecular weight is 478 g/mol. The first kappa shape index (κ1) is 23.0. The number of nitrogens with one attached hydrogen (secondary N) is 2. The van der Waals surface area contributed by atoms with Gasteiger partial charge in [0.05, 0.1) is 17.1 Å². The molecule has 1 fully saturated rings. The summed E-state index contributed by atoms with van der Waals surface area (Å²) in [6, 6.07) is 5.53. The summed E-state index contributed by atoms with van der Waals surface area (Å²) in [7, 11) is 1.66. The minimum atomic E-state index is -0.712. The van der Waals surface area contributed by atoms with Crippen LogP contribution in [0.2, 0.25) is 5.02 Å². The molecule has 10 heteroatoms. The van der Waals surface area contributed by atoms with E-state index in [1.165, 1.54) is 24.3 Å². The van der Waals surface area contributed by atoms with Gasteiger partial charge in [-0.15, -0.1) is 0 Å². The van der Waals surface area contributed by atoms with Gasteiger partial charge in [0.1, 0.15) is 18.2 Å². The average Bonchev–Trinajstić information content (AvgIpc) is 3.33. The molecule has 1 aliphatic heterocycles. The predicted molar refractivity (Wildman–Crippen MR) is 117 cm³/mol. The van der Waals surface area contributed by atoms with E-state index in [0.29, 0.717) is 36.9 Å². The van der Waals surface area contributed by atoms with E-state index < -0.39 is 29.7 Å². The van der Waals surface area contributed by atoms with Crippen LogP contribution in [0.4, 0.5) is 19.3 Å². The number of likely N-dealkylation sites (N-methyl/N-ethyl adjacent to an activating group) is 1. The summed E-state index contributed by atoms with van der Waals surface area (Å²) in [6.45, 7) is 0.0544. The maximum Gasteiger partial charge on any atom is 0.407 e. The van der Waals surface area contributed by atoms with Gasteiger partial charge in [0.2, 0.25) is 5.91 Å². The molecule has 0 spiro atoms. The second-order valence-electron chi connectivity index (χ2n) is 8.10. The summed E-state index contributed by atoms with van der Waals surface area (Å²) < 4.78 is 33.3. The van der Waals surface area contributed by atoms with Gasteiger partial charge in [-0.25, -0.2) is 13.6 Å². The lowest BCUT2D eigenvalue weighted by Crippen LogP contribution is -2.36. The van der Waals surface area contributed by atoms with Crippen LogP contribution in [0.3, 0.4) is 0 Å². The zero-order valence-electron chi connectivity index (χ0n) is 17.8. The molecule has 7 nitrogen and oxygen atoms in total. The highest BCUT2D eigenvalue weighted by Gasteiger charge is 2.32. The van der Waals surface area contributed by atoms with Crippen LogP contribution in [0.5, 0.6) is 0 Å². The number of ether oxygens (including phenoxy) is 1. The van der Waals surface area contributed by atoms with Crippen molar-refractivity contribution in [1.29, 1.82) is 0 Å². The fourth-order valence-corrected chi connectivity index (χ4v) is 4.44. The van der Waals surface area contributed by atoms with Gasteiger partial charge in [0.15, 0.2) is 0 Å². The molecule has 3 amide bonds. The zero-order valence-corrected chi connectivity index (χ0v) is 18.5. The summed E-state index contributed by atoms with van der Waals surface area (Å²) in [5.74, 6) is -1.63. The smallest absolute Gasteiger partial charge is 0.407 e. The summed E-state index contributed by atoms with van der Waals surface area (Å²) in [4.78, 5) is 38.2. The Morgan fingerprint density at radius 2 is 1.91 bits per heavy atom. The largest absolute Gasteiger partial charge is 0.447 e. The third kappa shape index (κ3) is 4.78. The Morgan fingerprint density at radius 3 is 2.61 bits per heavy atom. The van der Waals surface area contributed by atoms with Crippen molar-refractivity contribution in [3.05, 3.63) is 63.7 Å². The normalized spacial score (nSPS) is 19.4. The van der Waals surface area contributed by atoms with Crippen molar-refractivity contribution in [2.24, 2.45) is 0 Å². The maximum absolute atomic E-state index is 14.7. The number of benzene rings is 2. The number of carbonyl (C=O) groups is 3. The van der Waals surface area contributed by atoms with E-state index in [1.54, 1.807) is 11.9 Å². The van der Waals surface area contributed by atoms with Gasteiger partial charge in [-0.2, -0.15) is 0 Å². The van der Waals surface area contributed by atoms with Crippen molar-refractivity contribution in [3.63, 3.8) is 0 Å². The van der Waals surface area contributed by atoms with Gasteiger partial charge >= 0.3 is 6.09 Å². The molecule has 2 aliphatic rings. The molecule has 1 heterocycles. The van der Waals surface area contributed by atoms with Gasteiger partial charge in [-0.3, -0.25) is 9.59 Å². The molecule has 2 atom stereocenters. The monoisotopic (exact) mass is 477 g/mol. The minimum Gasteiger partial charge on any atom is -0.447 e. The van der Waals surface area contributed by atoms with Crippen LogP contribution in [0, 0.1) is 11.6 Å². The van der Waals surface area contributed by atoms with E-state index in [1.807, 2.05) is 0 Å². The highest BCUT2D eigenvalue weighted by Crippen LogP contribution is 2.36. The number of amides is 3. The second-order valence-corrected chi connectivity index (χ2v) is 8.51. The Labute approximate surface area is 194 Å². The Morgan fingerprint density at radius 1 is 1.15 bits per heavy atom. The number of anilines is 1. The van der Waals surface area contributed by atoms with Crippen LogP contribution in [0.1, 0.15) is 46.8 Å². The molecule has 2 aromatic carbocycles. The van der Waals surface area contributed by atoms with Crippen LogP contribution in [-0.2, 0) is 16.0 Å². The van der Waals surface area contributed by atoms with Gasteiger partial charge in [0, 0.05) is 30.3 Å². The van der Waals surface area contributed by atoms with Gasteiger partial charge in [-0.05, 0) is 55.2 Å². The van der Waals surface area contributed by atoms with Crippen LogP contribution < -0.4 is 10.6 Å². The highest BCUT2D eigenvalue weighted by molar-refractivity contribution is 6.31. The van der Waals surface area contributed by atoms with Crippen molar-refractivity contribution in [1.82, 2.24) is 10.2 Å². The molecule has 2 aromatic rings. The molecule has 0 saturated carbocycles. The number of alkyl carbamates (subject to hydrolysis) is 1. The van der Waals surface area contributed by atoms with Crippen molar-refractivity contribution in [2.45, 2.75) is 37.8 Å². The minimum absolute atomic E-state index is 0.00418. The fraction of sp³-hybridized carbons (Fsp3) is 0.348. The van der Waals surface area contributed by atoms with Crippen LogP contribution in [0.15, 0.2) is 30.3 Å². The van der Waals surface area contributed by atoms with Crippen LogP contribution >= 0.6 is 11.6 Å². The first-order valence-corrected chi connectivity index (χ1v) is 10.9. The maximum atomic E-state index is 14.7. The Hall–Kier alpha value is -3.20. The Bertz CT molecular complexity index is 1130. The summed E-state index contributed by atoms with van der Waals surface area (Å²) in [6.07, 6.45) is 1.10. The first-order valence-electron chi connectivity index (χ1n) is 10.5. The molecule has 0 unspecified atom stereocenters. The highest BCUT2D eigenvalue weighted by atomic mass is 35.5. The molecule has 174 valence electrons. The van der Waals surface area contributed by atoms with E-state index in [9.17, 15) is 23.2 Å². The number of hydrogen-bond acceptors (Lipinski definition) is 4. The lowest BCUT2D eigenvalue weighted by molar-refractivity contribution is -0.128. The summed E-state index contributed by atoms with van der Waals surface area (Å²) >= 11 is 5.76. The molecule has 1 saturated heterocycles. The van der Waals surface area contributed by atoms with Gasteiger partial charge in [-0.1, -0.05) is 11.6 Å². The molecule has 4 rings (SSSR count). The van der Waals surface area contributed by atoms with E-state index in [2.05, 4.69) is 10.6 Å². The number of nitrogens with zero attached hydrogens (tertiary/aromatic N) is 1. The van der Waals surface area contributed by atoms with Crippen molar-refractivity contribution in [3.8, 4) is 0 Å². The summed E-state index contributed by atoms with van der Waals surface area (Å²) in [5.41, 5.74) is 1.30. The second kappa shape index (κ2) is 9.35. The molecule has 0 aromatic heterocycles. The Balaban J connectivity index is 1.44. The van der Waals surface area contributed by atoms with Gasteiger partial charge in [0.25, 0.3) is 5.91 Å². The molecule has 33 heavy (non-hydrogen) atoms. The topological polar surface area (TPSA) is 87.7 Å². The molecule has 2 N–H and O–H groups in total. The molecular weight excluding hydrogens is 456 g/mol. The SMILES string of the molecule is CN1C(=O)CC[C@H]1COC(=O)N[C@H]1CCc2c(C(=O)Nc3ccc(F)c(Cl)c3)ccc(F)c21. The van der Waals surface area contributed by atoms with E-state index in [0.717, 1.165) is 6.07 Å². The van der Waals surface area contributed by atoms with E-state index in [-0.39, 0.29) is 34.7 Å². The standard InChI is InChI=1S/C23H22ClF2N3O4/c1-29-13(3-9-20(29)30)11-33-23(32)28-19-8-5-14-15(4-7-18(26)21(14)19)22(31)27-12-2-6-17(25)16(24)10-12/h2,4,6-7,10,13,19H,3,5,8-9,11H2,1H3,(H,27,31)(H,28,32)/t13-,19-/m0/s1. The van der Waals surface area contributed by atoms with E-state index in [4.69, 9.17) is 16.3 Å². The Kier molecular flexibility index (Phi) is 6.51. The fourth-order valence-electron chi connectivity index (χ4n) is 4.26. The third-order valence-electron chi connectivity index (χ3n) is 6.09. The van der Waals surface area contributed by atoms with Crippen molar-refractivity contribution in [2.75, 3.05) is 19.0 Å². The van der Waals surface area contributed by atoms with Crippen molar-refractivity contribution >= 4 is 35.2 Å². The first-order chi connectivity index (χ1) is 15.7. The number of hydrogen-bond donors (Lipinski definition) is 2.